The Bertz CT molecular complexity index is 439. The van der Waals surface area contributed by atoms with Crippen molar-refractivity contribution in [1.82, 2.24) is 4.90 Å². The molecule has 0 spiro atoms. The van der Waals surface area contributed by atoms with E-state index >= 15 is 0 Å². The molecule has 3 rings (SSSR count). The van der Waals surface area contributed by atoms with Crippen LogP contribution in [0.1, 0.15) is 12.8 Å². The van der Waals surface area contributed by atoms with E-state index in [9.17, 15) is 0 Å². The molecule has 1 fully saturated rings. The second kappa shape index (κ2) is 4.09. The second-order valence-corrected chi connectivity index (χ2v) is 5.04. The molecular formula is C12H13BrN2O. The molecule has 0 atom stereocenters. The minimum atomic E-state index is 0.601. The van der Waals surface area contributed by atoms with Gasteiger partial charge in [-0.25, -0.2) is 4.99 Å². The Morgan fingerprint density at radius 2 is 2.06 bits per heavy atom. The van der Waals surface area contributed by atoms with Crippen LogP contribution in [0.4, 0.5) is 5.69 Å². The zero-order valence-corrected chi connectivity index (χ0v) is 10.5. The third-order valence-electron chi connectivity index (χ3n) is 3.00. The van der Waals surface area contributed by atoms with E-state index in [1.807, 2.05) is 18.2 Å². The summed E-state index contributed by atoms with van der Waals surface area (Å²) in [4.78, 5) is 6.99. The Kier molecular flexibility index (Phi) is 2.59. The van der Waals surface area contributed by atoms with Crippen LogP contribution in [0, 0.1) is 0 Å². The molecule has 1 aromatic carbocycles. The fourth-order valence-corrected chi connectivity index (χ4v) is 2.49. The highest BCUT2D eigenvalue weighted by molar-refractivity contribution is 9.10. The molecule has 2 aliphatic rings. The topological polar surface area (TPSA) is 24.8 Å². The smallest absolute Gasteiger partial charge is 0.146 e. The minimum Gasteiger partial charge on any atom is -0.483 e. The van der Waals surface area contributed by atoms with Gasteiger partial charge in [-0.05, 0) is 31.0 Å². The lowest BCUT2D eigenvalue weighted by atomic mass is 10.3. The van der Waals surface area contributed by atoms with Gasteiger partial charge < -0.3 is 9.64 Å². The van der Waals surface area contributed by atoms with E-state index in [0.29, 0.717) is 6.61 Å². The number of fused-ring (bicyclic) bond motifs is 1. The minimum absolute atomic E-state index is 0.601. The molecule has 2 aliphatic heterocycles. The highest BCUT2D eigenvalue weighted by Crippen LogP contribution is 2.33. The number of rotatable bonds is 0. The first-order chi connectivity index (χ1) is 7.83. The molecule has 0 amide bonds. The van der Waals surface area contributed by atoms with Gasteiger partial charge in [0.1, 0.15) is 23.9 Å². The van der Waals surface area contributed by atoms with Gasteiger partial charge in [-0.2, -0.15) is 0 Å². The summed E-state index contributed by atoms with van der Waals surface area (Å²) in [7, 11) is 0. The zero-order valence-electron chi connectivity index (χ0n) is 8.95. The maximum Gasteiger partial charge on any atom is 0.146 e. The number of nitrogens with zero attached hydrogens (tertiary/aromatic N) is 2. The van der Waals surface area contributed by atoms with Crippen molar-refractivity contribution in [3.8, 4) is 5.75 Å². The van der Waals surface area contributed by atoms with Crippen molar-refractivity contribution in [3.63, 3.8) is 0 Å². The van der Waals surface area contributed by atoms with Crippen LogP contribution >= 0.6 is 15.9 Å². The summed E-state index contributed by atoms with van der Waals surface area (Å²) in [5.74, 6) is 1.95. The predicted octanol–water partition coefficient (Wildman–Crippen LogP) is 2.97. The van der Waals surface area contributed by atoms with Crippen molar-refractivity contribution in [2.75, 3.05) is 19.7 Å². The highest BCUT2D eigenvalue weighted by Gasteiger charge is 2.20. The number of ether oxygens (including phenoxy) is 1. The van der Waals surface area contributed by atoms with Gasteiger partial charge in [0.15, 0.2) is 0 Å². The Balaban J connectivity index is 1.91. The van der Waals surface area contributed by atoms with Crippen molar-refractivity contribution >= 4 is 27.5 Å². The van der Waals surface area contributed by atoms with E-state index in [1.165, 1.54) is 12.8 Å². The summed E-state index contributed by atoms with van der Waals surface area (Å²) in [6, 6.07) is 5.97. The first-order valence-electron chi connectivity index (χ1n) is 5.58. The number of halogens is 1. The summed E-state index contributed by atoms with van der Waals surface area (Å²) < 4.78 is 6.76. The average Bonchev–Trinajstić information content (AvgIpc) is 2.82. The Morgan fingerprint density at radius 1 is 1.25 bits per heavy atom. The maximum atomic E-state index is 5.73. The maximum absolute atomic E-state index is 5.73. The molecule has 0 N–H and O–H groups in total. The SMILES string of the molecule is Brc1ccc2c(c1)OCC(N1CCCC1)=N2. The third-order valence-corrected chi connectivity index (χ3v) is 3.49. The molecule has 2 heterocycles. The van der Waals surface area contributed by atoms with Gasteiger partial charge >= 0.3 is 0 Å². The molecule has 1 aromatic rings. The van der Waals surface area contributed by atoms with Crippen LogP contribution in [0.15, 0.2) is 27.7 Å². The molecule has 0 radical (unpaired) electrons. The van der Waals surface area contributed by atoms with Gasteiger partial charge in [0, 0.05) is 17.6 Å². The van der Waals surface area contributed by atoms with Crippen molar-refractivity contribution in [3.05, 3.63) is 22.7 Å². The van der Waals surface area contributed by atoms with E-state index in [-0.39, 0.29) is 0 Å². The van der Waals surface area contributed by atoms with Gasteiger partial charge in [0.25, 0.3) is 0 Å². The summed E-state index contributed by atoms with van der Waals surface area (Å²) in [5, 5.41) is 0. The van der Waals surface area contributed by atoms with Crippen LogP contribution in [0.2, 0.25) is 0 Å². The molecule has 16 heavy (non-hydrogen) atoms. The van der Waals surface area contributed by atoms with E-state index in [4.69, 9.17) is 4.74 Å². The normalized spacial score (nSPS) is 19.1. The van der Waals surface area contributed by atoms with E-state index in [0.717, 1.165) is 34.8 Å². The molecular weight excluding hydrogens is 268 g/mol. The molecule has 1 saturated heterocycles. The molecule has 0 bridgehead atoms. The lowest BCUT2D eigenvalue weighted by Crippen LogP contribution is -2.33. The quantitative estimate of drug-likeness (QED) is 0.730. The number of hydrogen-bond acceptors (Lipinski definition) is 3. The number of amidine groups is 1. The number of aliphatic imine (C=N–C) groups is 1. The average molecular weight is 281 g/mol. The van der Waals surface area contributed by atoms with Crippen LogP contribution in [0.3, 0.4) is 0 Å². The summed E-state index contributed by atoms with van der Waals surface area (Å²) in [6.07, 6.45) is 2.54. The predicted molar refractivity (Wildman–Crippen MR) is 67.5 cm³/mol. The first-order valence-corrected chi connectivity index (χ1v) is 6.37. The third kappa shape index (κ3) is 1.82. The van der Waals surface area contributed by atoms with E-state index < -0.39 is 0 Å². The van der Waals surface area contributed by atoms with Gasteiger partial charge in [0.05, 0.1) is 0 Å². The van der Waals surface area contributed by atoms with Crippen molar-refractivity contribution in [1.29, 1.82) is 0 Å². The molecule has 0 unspecified atom stereocenters. The lowest BCUT2D eigenvalue weighted by Gasteiger charge is -2.24. The van der Waals surface area contributed by atoms with Crippen LogP contribution < -0.4 is 4.74 Å². The van der Waals surface area contributed by atoms with Crippen LogP contribution in [0.25, 0.3) is 0 Å². The molecule has 3 nitrogen and oxygen atoms in total. The zero-order chi connectivity index (χ0) is 11.0. The molecule has 84 valence electrons. The van der Waals surface area contributed by atoms with Gasteiger partial charge in [-0.1, -0.05) is 15.9 Å². The molecule has 0 saturated carbocycles. The van der Waals surface area contributed by atoms with Crippen LogP contribution in [0.5, 0.6) is 5.75 Å². The number of benzene rings is 1. The van der Waals surface area contributed by atoms with Gasteiger partial charge in [-0.15, -0.1) is 0 Å². The number of likely N-dealkylation sites (tertiary alicyclic amines) is 1. The van der Waals surface area contributed by atoms with Gasteiger partial charge in [-0.3, -0.25) is 0 Å². The number of hydrogen-bond donors (Lipinski definition) is 0. The van der Waals surface area contributed by atoms with Crippen molar-refractivity contribution in [2.45, 2.75) is 12.8 Å². The molecule has 4 heteroatoms. The monoisotopic (exact) mass is 280 g/mol. The Labute approximate surface area is 103 Å². The Hall–Kier alpha value is -1.03. The standard InChI is InChI=1S/C12H13BrN2O/c13-9-3-4-10-11(7-9)16-8-12(14-10)15-5-1-2-6-15/h3-4,7H,1-2,5-6,8H2. The summed E-state index contributed by atoms with van der Waals surface area (Å²) >= 11 is 3.43. The first kappa shape index (κ1) is 10.1. The van der Waals surface area contributed by atoms with Crippen LogP contribution in [-0.2, 0) is 0 Å². The largest absolute Gasteiger partial charge is 0.483 e. The fourth-order valence-electron chi connectivity index (χ4n) is 2.15. The van der Waals surface area contributed by atoms with Crippen LogP contribution in [-0.4, -0.2) is 30.4 Å². The molecule has 0 aromatic heterocycles. The van der Waals surface area contributed by atoms with Crippen molar-refractivity contribution in [2.24, 2.45) is 4.99 Å². The Morgan fingerprint density at radius 3 is 2.88 bits per heavy atom. The lowest BCUT2D eigenvalue weighted by molar-refractivity contribution is 0.345. The van der Waals surface area contributed by atoms with E-state index in [2.05, 4.69) is 25.8 Å². The highest BCUT2D eigenvalue weighted by atomic mass is 79.9. The second-order valence-electron chi connectivity index (χ2n) is 4.12. The molecule has 0 aliphatic carbocycles. The summed E-state index contributed by atoms with van der Waals surface area (Å²) in [6.45, 7) is 2.84. The summed E-state index contributed by atoms with van der Waals surface area (Å²) in [5.41, 5.74) is 0.941. The fraction of sp³-hybridized carbons (Fsp3) is 0.417. The van der Waals surface area contributed by atoms with Gasteiger partial charge in [0.2, 0.25) is 0 Å². The van der Waals surface area contributed by atoms with Crippen molar-refractivity contribution < 1.29 is 4.74 Å². The van der Waals surface area contributed by atoms with E-state index in [1.54, 1.807) is 0 Å².